The molecule has 0 bridgehead atoms. The monoisotopic (exact) mass is 323 g/mol. The Morgan fingerprint density at radius 2 is 1.86 bits per heavy atom. The summed E-state index contributed by atoms with van der Waals surface area (Å²) in [6, 6.07) is 8.54. The molecule has 1 aromatic carbocycles. The molecule has 3 unspecified atom stereocenters. The van der Waals surface area contributed by atoms with Crippen LogP contribution in [0.5, 0.6) is 0 Å². The standard InChI is InChI=1S/C16H18ClNO2S/c1-10(13-7-8-21-9-13)16(20)18-11(2)15(19)12-3-5-14(17)6-4-12/h3-11,15,19H,1-2H3,(H,18,20). The summed E-state index contributed by atoms with van der Waals surface area (Å²) in [5.74, 6) is -0.315. The summed E-state index contributed by atoms with van der Waals surface area (Å²) in [7, 11) is 0. The van der Waals surface area contributed by atoms with Crippen LogP contribution in [-0.4, -0.2) is 17.1 Å². The number of carbonyl (C=O) groups excluding carboxylic acids is 1. The van der Waals surface area contributed by atoms with E-state index in [0.29, 0.717) is 5.02 Å². The lowest BCUT2D eigenvalue weighted by molar-refractivity contribution is -0.123. The van der Waals surface area contributed by atoms with Crippen LogP contribution in [0.25, 0.3) is 0 Å². The van der Waals surface area contributed by atoms with Gasteiger partial charge in [-0.3, -0.25) is 4.79 Å². The van der Waals surface area contributed by atoms with Gasteiger partial charge in [-0.1, -0.05) is 23.7 Å². The average molecular weight is 324 g/mol. The topological polar surface area (TPSA) is 49.3 Å². The minimum atomic E-state index is -0.763. The number of hydrogen-bond donors (Lipinski definition) is 2. The van der Waals surface area contributed by atoms with Crippen LogP contribution >= 0.6 is 22.9 Å². The molecule has 0 fully saturated rings. The lowest BCUT2D eigenvalue weighted by Crippen LogP contribution is -2.39. The Morgan fingerprint density at radius 1 is 1.19 bits per heavy atom. The zero-order valence-corrected chi connectivity index (χ0v) is 13.5. The summed E-state index contributed by atoms with van der Waals surface area (Å²) in [5.41, 5.74) is 1.72. The van der Waals surface area contributed by atoms with Crippen LogP contribution in [0.3, 0.4) is 0 Å². The number of benzene rings is 1. The van der Waals surface area contributed by atoms with Gasteiger partial charge in [0.2, 0.25) is 5.91 Å². The first kappa shape index (κ1) is 16.0. The molecular weight excluding hydrogens is 306 g/mol. The zero-order chi connectivity index (χ0) is 15.4. The van der Waals surface area contributed by atoms with Gasteiger partial charge in [0, 0.05) is 5.02 Å². The van der Waals surface area contributed by atoms with Crippen molar-refractivity contribution in [3.63, 3.8) is 0 Å². The number of amides is 1. The third kappa shape index (κ3) is 4.06. The molecule has 21 heavy (non-hydrogen) atoms. The second kappa shape index (κ2) is 7.07. The third-order valence-electron chi connectivity index (χ3n) is 3.49. The van der Waals surface area contributed by atoms with Gasteiger partial charge in [0.1, 0.15) is 0 Å². The number of hydrogen-bond acceptors (Lipinski definition) is 3. The van der Waals surface area contributed by atoms with E-state index in [1.807, 2.05) is 23.8 Å². The van der Waals surface area contributed by atoms with Crippen LogP contribution in [0.2, 0.25) is 5.02 Å². The maximum Gasteiger partial charge on any atom is 0.227 e. The average Bonchev–Trinajstić information content (AvgIpc) is 3.00. The van der Waals surface area contributed by atoms with Gasteiger partial charge in [-0.25, -0.2) is 0 Å². The van der Waals surface area contributed by atoms with Crippen molar-refractivity contribution in [2.24, 2.45) is 0 Å². The van der Waals surface area contributed by atoms with Gasteiger partial charge >= 0.3 is 0 Å². The van der Waals surface area contributed by atoms with E-state index in [4.69, 9.17) is 11.6 Å². The second-order valence-electron chi connectivity index (χ2n) is 5.07. The van der Waals surface area contributed by atoms with Crippen LogP contribution in [0.1, 0.15) is 37.0 Å². The maximum absolute atomic E-state index is 12.2. The second-order valence-corrected chi connectivity index (χ2v) is 6.29. The molecular formula is C16H18ClNO2S. The van der Waals surface area contributed by atoms with Gasteiger partial charge in [0.05, 0.1) is 18.1 Å². The highest BCUT2D eigenvalue weighted by molar-refractivity contribution is 7.08. The Balaban J connectivity index is 1.98. The lowest BCUT2D eigenvalue weighted by Gasteiger charge is -2.22. The highest BCUT2D eigenvalue weighted by Gasteiger charge is 2.22. The number of rotatable bonds is 5. The minimum absolute atomic E-state index is 0.0890. The van der Waals surface area contributed by atoms with E-state index in [2.05, 4.69) is 5.32 Å². The van der Waals surface area contributed by atoms with Crippen molar-refractivity contribution in [1.29, 1.82) is 0 Å². The van der Waals surface area contributed by atoms with Crippen LogP contribution in [0.4, 0.5) is 0 Å². The first-order valence-corrected chi connectivity index (χ1v) is 8.07. The van der Waals surface area contributed by atoms with Crippen LogP contribution in [0.15, 0.2) is 41.1 Å². The molecule has 1 aromatic heterocycles. The zero-order valence-electron chi connectivity index (χ0n) is 11.9. The van der Waals surface area contributed by atoms with E-state index in [9.17, 15) is 9.90 Å². The normalized spacial score (nSPS) is 15.2. The van der Waals surface area contributed by atoms with Gasteiger partial charge < -0.3 is 10.4 Å². The number of thiophene rings is 1. The Hall–Kier alpha value is -1.36. The summed E-state index contributed by atoms with van der Waals surface area (Å²) in [6.45, 7) is 3.65. The molecule has 3 atom stereocenters. The number of carbonyl (C=O) groups is 1. The first-order valence-electron chi connectivity index (χ1n) is 6.75. The molecule has 2 N–H and O–H groups in total. The van der Waals surface area contributed by atoms with E-state index in [0.717, 1.165) is 11.1 Å². The molecule has 0 radical (unpaired) electrons. The molecule has 0 saturated heterocycles. The van der Waals surface area contributed by atoms with E-state index in [1.54, 1.807) is 42.5 Å². The lowest BCUT2D eigenvalue weighted by atomic mass is 10.0. The minimum Gasteiger partial charge on any atom is -0.386 e. The number of aliphatic hydroxyl groups is 1. The van der Waals surface area contributed by atoms with Crippen molar-refractivity contribution in [3.8, 4) is 0 Å². The molecule has 0 saturated carbocycles. The third-order valence-corrected chi connectivity index (χ3v) is 4.44. The predicted molar refractivity (Wildman–Crippen MR) is 86.8 cm³/mol. The predicted octanol–water partition coefficient (Wildman–Crippen LogP) is 3.74. The largest absolute Gasteiger partial charge is 0.386 e. The van der Waals surface area contributed by atoms with E-state index in [-0.39, 0.29) is 17.9 Å². The molecule has 0 aliphatic heterocycles. The van der Waals surface area contributed by atoms with Gasteiger partial charge in [0.25, 0.3) is 0 Å². The van der Waals surface area contributed by atoms with Crippen molar-refractivity contribution in [2.75, 3.05) is 0 Å². The summed E-state index contributed by atoms with van der Waals surface area (Å²) in [6.07, 6.45) is -0.763. The molecule has 0 aliphatic rings. The summed E-state index contributed by atoms with van der Waals surface area (Å²) in [4.78, 5) is 12.2. The highest BCUT2D eigenvalue weighted by Crippen LogP contribution is 2.22. The fourth-order valence-corrected chi connectivity index (χ4v) is 2.93. The fraction of sp³-hybridized carbons (Fsp3) is 0.312. The van der Waals surface area contributed by atoms with Crippen LogP contribution < -0.4 is 5.32 Å². The molecule has 0 spiro atoms. The first-order chi connectivity index (χ1) is 9.99. The SMILES string of the molecule is CC(C(=O)NC(C)C(O)c1ccc(Cl)cc1)c1ccsc1. The van der Waals surface area contributed by atoms with Crippen LogP contribution in [-0.2, 0) is 4.79 Å². The molecule has 0 aliphatic carbocycles. The van der Waals surface area contributed by atoms with Gasteiger partial charge in [-0.05, 0) is 53.9 Å². The van der Waals surface area contributed by atoms with Crippen molar-refractivity contribution >= 4 is 28.8 Å². The molecule has 1 heterocycles. The molecule has 3 nitrogen and oxygen atoms in total. The van der Waals surface area contributed by atoms with Gasteiger partial charge in [-0.2, -0.15) is 11.3 Å². The van der Waals surface area contributed by atoms with E-state index in [1.165, 1.54) is 0 Å². The van der Waals surface area contributed by atoms with E-state index >= 15 is 0 Å². The van der Waals surface area contributed by atoms with Crippen LogP contribution in [0, 0.1) is 0 Å². The quantitative estimate of drug-likeness (QED) is 0.880. The van der Waals surface area contributed by atoms with Crippen molar-refractivity contribution in [2.45, 2.75) is 31.9 Å². The Bertz CT molecular complexity index is 583. The smallest absolute Gasteiger partial charge is 0.227 e. The molecule has 112 valence electrons. The summed E-state index contributed by atoms with van der Waals surface area (Å²) in [5, 5.41) is 17.7. The Labute approximate surface area is 133 Å². The summed E-state index contributed by atoms with van der Waals surface area (Å²) < 4.78 is 0. The Morgan fingerprint density at radius 3 is 2.43 bits per heavy atom. The number of nitrogens with one attached hydrogen (secondary N) is 1. The van der Waals surface area contributed by atoms with Crippen molar-refractivity contribution in [1.82, 2.24) is 5.32 Å². The molecule has 2 rings (SSSR count). The molecule has 5 heteroatoms. The van der Waals surface area contributed by atoms with E-state index < -0.39 is 6.10 Å². The van der Waals surface area contributed by atoms with Crippen molar-refractivity contribution in [3.05, 3.63) is 57.2 Å². The summed E-state index contributed by atoms with van der Waals surface area (Å²) >= 11 is 7.40. The number of aliphatic hydroxyl groups excluding tert-OH is 1. The van der Waals surface area contributed by atoms with Gasteiger partial charge in [0.15, 0.2) is 0 Å². The van der Waals surface area contributed by atoms with Gasteiger partial charge in [-0.15, -0.1) is 0 Å². The Kier molecular flexibility index (Phi) is 5.39. The molecule has 2 aromatic rings. The maximum atomic E-state index is 12.2. The number of halogens is 1. The highest BCUT2D eigenvalue weighted by atomic mass is 35.5. The fourth-order valence-electron chi connectivity index (χ4n) is 2.05. The molecule has 1 amide bonds. The van der Waals surface area contributed by atoms with Crippen molar-refractivity contribution < 1.29 is 9.90 Å².